The van der Waals surface area contributed by atoms with Gasteiger partial charge in [0.2, 0.25) is 0 Å². The van der Waals surface area contributed by atoms with E-state index >= 15 is 0 Å². The molecule has 3 fully saturated rings. The Hall–Kier alpha value is -1.26. The molecule has 0 radical (unpaired) electrons. The van der Waals surface area contributed by atoms with Gasteiger partial charge in [-0.15, -0.1) is 14.0 Å². The molecule has 3 saturated heterocycles. The summed E-state index contributed by atoms with van der Waals surface area (Å²) in [6, 6.07) is 1.84. The molecule has 3 heterocycles. The third kappa shape index (κ3) is 3.86. The standard InChI is InChI=1S/C17H29N5O3P/c1-2-24-17(23)16(15-18)19-25-26(20-9-3-4-10-20,21-11-5-6-12-21)22-13-7-8-14-22/h2-14H2,1H3/q+1. The summed E-state index contributed by atoms with van der Waals surface area (Å²) in [5.41, 5.74) is -0.297. The van der Waals surface area contributed by atoms with Crippen LogP contribution in [0.25, 0.3) is 0 Å². The number of hydrogen-bond donors (Lipinski definition) is 0. The minimum atomic E-state index is -2.31. The van der Waals surface area contributed by atoms with Gasteiger partial charge in [-0.05, 0) is 50.6 Å². The molecule has 0 aromatic rings. The SMILES string of the molecule is CCOC(=O)C(C#N)=NO[P+](N1CCCC1)(N1CCCC1)N1CCCC1. The summed E-state index contributed by atoms with van der Waals surface area (Å²) in [6.07, 6.45) is 6.91. The second kappa shape index (κ2) is 9.09. The van der Waals surface area contributed by atoms with Gasteiger partial charge < -0.3 is 4.74 Å². The Bertz CT molecular complexity index is 520. The molecule has 0 aliphatic carbocycles. The zero-order chi connectivity index (χ0) is 18.4. The fraction of sp³-hybridized carbons (Fsp3) is 0.824. The molecule has 3 aliphatic rings. The zero-order valence-corrected chi connectivity index (χ0v) is 16.5. The van der Waals surface area contributed by atoms with Gasteiger partial charge in [-0.1, -0.05) is 0 Å². The lowest BCUT2D eigenvalue weighted by Gasteiger charge is -2.38. The number of nitrogens with zero attached hydrogens (tertiary/aromatic N) is 5. The first-order chi connectivity index (χ1) is 12.7. The topological polar surface area (TPSA) is 81.4 Å². The summed E-state index contributed by atoms with van der Waals surface area (Å²) in [5, 5.41) is 13.4. The number of carbonyl (C=O) groups is 1. The van der Waals surface area contributed by atoms with Crippen molar-refractivity contribution in [2.45, 2.75) is 45.4 Å². The van der Waals surface area contributed by atoms with Crippen LogP contribution in [0.5, 0.6) is 0 Å². The Morgan fingerprint density at radius 2 is 1.38 bits per heavy atom. The number of nitriles is 1. The van der Waals surface area contributed by atoms with E-state index < -0.39 is 13.9 Å². The number of oxime groups is 1. The number of hydrogen-bond acceptors (Lipinski definition) is 8. The summed E-state index contributed by atoms with van der Waals surface area (Å²) < 4.78 is 18.5. The third-order valence-corrected chi connectivity index (χ3v) is 8.88. The Labute approximate surface area is 156 Å². The predicted octanol–water partition coefficient (Wildman–Crippen LogP) is 2.41. The molecule has 0 aromatic heterocycles. The van der Waals surface area contributed by atoms with Crippen LogP contribution in [-0.4, -0.2) is 71.6 Å². The molecule has 0 saturated carbocycles. The van der Waals surface area contributed by atoms with E-state index in [1.54, 1.807) is 6.92 Å². The van der Waals surface area contributed by atoms with Crippen LogP contribution in [0.4, 0.5) is 0 Å². The number of carbonyl (C=O) groups excluding carboxylic acids is 1. The summed E-state index contributed by atoms with van der Waals surface area (Å²) in [4.78, 5) is 12.0. The smallest absolute Gasteiger partial charge is 0.451 e. The van der Waals surface area contributed by atoms with E-state index in [0.29, 0.717) is 0 Å². The molecule has 144 valence electrons. The molecule has 3 rings (SSSR count). The molecule has 0 spiro atoms. The number of rotatable bonds is 7. The molecule has 0 aromatic carbocycles. The van der Waals surface area contributed by atoms with E-state index in [0.717, 1.165) is 77.8 Å². The van der Waals surface area contributed by atoms with E-state index in [4.69, 9.17) is 9.36 Å². The highest BCUT2D eigenvalue weighted by atomic mass is 31.2. The summed E-state index contributed by atoms with van der Waals surface area (Å²) in [5.74, 6) is -0.711. The molecule has 0 atom stereocenters. The molecule has 0 amide bonds. The van der Waals surface area contributed by atoms with Crippen LogP contribution < -0.4 is 0 Å². The van der Waals surface area contributed by atoms with Crippen LogP contribution in [0.3, 0.4) is 0 Å². The third-order valence-electron chi connectivity index (χ3n) is 5.17. The summed E-state index contributed by atoms with van der Waals surface area (Å²) >= 11 is 0. The highest BCUT2D eigenvalue weighted by molar-refractivity contribution is 7.64. The molecule has 26 heavy (non-hydrogen) atoms. The minimum absolute atomic E-state index is 0.212. The normalized spacial score (nSPS) is 23.3. The van der Waals surface area contributed by atoms with Crippen LogP contribution >= 0.6 is 7.94 Å². The van der Waals surface area contributed by atoms with E-state index in [2.05, 4.69) is 19.2 Å². The van der Waals surface area contributed by atoms with Gasteiger partial charge in [-0.2, -0.15) is 9.89 Å². The van der Waals surface area contributed by atoms with Crippen molar-refractivity contribution < 1.29 is 14.2 Å². The second-order valence-corrected chi connectivity index (χ2v) is 9.74. The second-order valence-electron chi connectivity index (χ2n) is 6.85. The van der Waals surface area contributed by atoms with Gasteiger partial charge in [0.25, 0.3) is 5.71 Å². The average molecular weight is 382 g/mol. The average Bonchev–Trinajstić information content (AvgIpc) is 3.43. The van der Waals surface area contributed by atoms with E-state index in [1.807, 2.05) is 6.07 Å². The van der Waals surface area contributed by atoms with E-state index in [-0.39, 0.29) is 12.3 Å². The van der Waals surface area contributed by atoms with Crippen molar-refractivity contribution in [3.63, 3.8) is 0 Å². The molecule has 9 heteroatoms. The molecule has 3 aliphatic heterocycles. The van der Waals surface area contributed by atoms with Crippen molar-refractivity contribution >= 4 is 19.6 Å². The lowest BCUT2D eigenvalue weighted by molar-refractivity contribution is -0.135. The van der Waals surface area contributed by atoms with Crippen LogP contribution in [-0.2, 0) is 14.2 Å². The van der Waals surface area contributed by atoms with E-state index in [1.165, 1.54) is 0 Å². The predicted molar refractivity (Wildman–Crippen MR) is 100 cm³/mol. The van der Waals surface area contributed by atoms with Crippen molar-refractivity contribution in [3.8, 4) is 6.07 Å². The van der Waals surface area contributed by atoms with Gasteiger partial charge in [0.15, 0.2) is 0 Å². The fourth-order valence-electron chi connectivity index (χ4n) is 3.97. The first-order valence-corrected chi connectivity index (χ1v) is 11.3. The maximum atomic E-state index is 12.0. The van der Waals surface area contributed by atoms with Crippen molar-refractivity contribution in [1.82, 2.24) is 14.0 Å². The van der Waals surface area contributed by atoms with Gasteiger partial charge in [0.1, 0.15) is 6.07 Å². The van der Waals surface area contributed by atoms with Crippen LogP contribution in [0.1, 0.15) is 45.4 Å². The minimum Gasteiger partial charge on any atom is -0.461 e. The van der Waals surface area contributed by atoms with E-state index in [9.17, 15) is 10.1 Å². The first kappa shape index (κ1) is 19.5. The molecule has 0 bridgehead atoms. The lowest BCUT2D eigenvalue weighted by atomic mass is 10.4. The highest BCUT2D eigenvalue weighted by Crippen LogP contribution is 2.71. The maximum absolute atomic E-state index is 12.0. The first-order valence-electron chi connectivity index (χ1n) is 9.71. The Morgan fingerprint density at radius 3 is 1.73 bits per heavy atom. The lowest BCUT2D eigenvalue weighted by Crippen LogP contribution is -2.43. The summed E-state index contributed by atoms with van der Waals surface area (Å²) in [7, 11) is -2.31. The Balaban J connectivity index is 1.92. The van der Waals surface area contributed by atoms with Crippen molar-refractivity contribution in [1.29, 1.82) is 5.26 Å². The highest BCUT2D eigenvalue weighted by Gasteiger charge is 2.63. The largest absolute Gasteiger partial charge is 0.461 e. The molecule has 0 N–H and O–H groups in total. The van der Waals surface area contributed by atoms with Crippen LogP contribution in [0, 0.1) is 11.3 Å². The van der Waals surface area contributed by atoms with Gasteiger partial charge in [0, 0.05) is 39.3 Å². The number of esters is 1. The van der Waals surface area contributed by atoms with Gasteiger partial charge >= 0.3 is 13.9 Å². The summed E-state index contributed by atoms with van der Waals surface area (Å²) in [6.45, 7) is 7.83. The maximum Gasteiger partial charge on any atom is 0.451 e. The van der Waals surface area contributed by atoms with Crippen molar-refractivity contribution in [3.05, 3.63) is 0 Å². The number of ether oxygens (including phenoxy) is 1. The van der Waals surface area contributed by atoms with Gasteiger partial charge in [-0.25, -0.2) is 4.79 Å². The quantitative estimate of drug-likeness (QED) is 0.289. The van der Waals surface area contributed by atoms with Crippen LogP contribution in [0.15, 0.2) is 5.16 Å². The van der Waals surface area contributed by atoms with Crippen LogP contribution in [0.2, 0.25) is 0 Å². The monoisotopic (exact) mass is 382 g/mol. The molecular formula is C17H29N5O3P+. The molecule has 0 unspecified atom stereocenters. The zero-order valence-electron chi connectivity index (χ0n) is 15.6. The van der Waals surface area contributed by atoms with Crippen molar-refractivity contribution in [2.75, 3.05) is 45.9 Å². The molecular weight excluding hydrogens is 353 g/mol. The van der Waals surface area contributed by atoms with Gasteiger partial charge in [0.05, 0.1) is 6.61 Å². The fourth-order valence-corrected chi connectivity index (χ4v) is 7.96. The Morgan fingerprint density at radius 1 is 0.962 bits per heavy atom. The Kier molecular flexibility index (Phi) is 6.82. The molecule has 8 nitrogen and oxygen atoms in total. The van der Waals surface area contributed by atoms with Crippen molar-refractivity contribution in [2.24, 2.45) is 5.16 Å². The van der Waals surface area contributed by atoms with Gasteiger partial charge in [-0.3, -0.25) is 0 Å².